The molecule has 0 unspecified atom stereocenters. The first-order chi connectivity index (χ1) is 10.1. The Morgan fingerprint density at radius 3 is 2.76 bits per heavy atom. The average Bonchev–Trinajstić information content (AvgIpc) is 2.73. The van der Waals surface area contributed by atoms with Gasteiger partial charge in [-0.25, -0.2) is 0 Å². The number of nitrogens with zero attached hydrogens (tertiary/aromatic N) is 2. The fraction of sp³-hybridized carbons (Fsp3) is 0.375. The second-order valence-electron chi connectivity index (χ2n) is 5.39. The van der Waals surface area contributed by atoms with Crippen LogP contribution in [-0.2, 0) is 9.53 Å². The molecule has 0 N–H and O–H groups in total. The molecule has 3 rings (SSSR count). The molecule has 110 valence electrons. The Morgan fingerprint density at radius 2 is 2.10 bits per heavy atom. The molecule has 21 heavy (non-hydrogen) atoms. The summed E-state index contributed by atoms with van der Waals surface area (Å²) in [6.45, 7) is 2.42. The van der Waals surface area contributed by atoms with Crippen molar-refractivity contribution >= 4 is 23.1 Å². The van der Waals surface area contributed by atoms with E-state index in [1.54, 1.807) is 20.2 Å². The Balaban J connectivity index is 1.83. The van der Waals surface area contributed by atoms with Crippen LogP contribution in [0.3, 0.4) is 0 Å². The number of ether oxygens (including phenoxy) is 1. The molecular formula is C16H18N2O3. The highest BCUT2D eigenvalue weighted by Crippen LogP contribution is 2.32. The Kier molecular flexibility index (Phi) is 3.51. The zero-order chi connectivity index (χ0) is 15.0. The highest BCUT2D eigenvalue weighted by atomic mass is 16.5. The molecule has 2 heterocycles. The van der Waals surface area contributed by atoms with Crippen molar-refractivity contribution in [1.82, 2.24) is 0 Å². The summed E-state index contributed by atoms with van der Waals surface area (Å²) in [6, 6.07) is 5.59. The fourth-order valence-electron chi connectivity index (χ4n) is 2.83. The maximum absolute atomic E-state index is 11.8. The van der Waals surface area contributed by atoms with Gasteiger partial charge < -0.3 is 14.5 Å². The van der Waals surface area contributed by atoms with Gasteiger partial charge in [0, 0.05) is 32.9 Å². The quantitative estimate of drug-likeness (QED) is 0.626. The van der Waals surface area contributed by atoms with Gasteiger partial charge in [-0.3, -0.25) is 9.59 Å². The number of ketones is 1. The van der Waals surface area contributed by atoms with E-state index in [2.05, 4.69) is 11.0 Å². The van der Waals surface area contributed by atoms with Crippen LogP contribution in [0.5, 0.6) is 0 Å². The Labute approximate surface area is 123 Å². The fourth-order valence-corrected chi connectivity index (χ4v) is 2.83. The summed E-state index contributed by atoms with van der Waals surface area (Å²) < 4.78 is 5.15. The maximum Gasteiger partial charge on any atom is 0.299 e. The van der Waals surface area contributed by atoms with Gasteiger partial charge in [-0.05, 0) is 30.2 Å². The van der Waals surface area contributed by atoms with Crippen LogP contribution in [0.15, 0.2) is 29.8 Å². The average molecular weight is 286 g/mol. The molecule has 5 nitrogen and oxygen atoms in total. The van der Waals surface area contributed by atoms with Gasteiger partial charge in [-0.2, -0.15) is 0 Å². The number of carbonyl (C=O) groups excluding carboxylic acids is 2. The molecule has 0 saturated carbocycles. The minimum absolute atomic E-state index is 0.417. The van der Waals surface area contributed by atoms with Gasteiger partial charge in [0.1, 0.15) is 0 Å². The third kappa shape index (κ3) is 2.34. The van der Waals surface area contributed by atoms with E-state index in [0.29, 0.717) is 17.9 Å². The van der Waals surface area contributed by atoms with Crippen molar-refractivity contribution in [2.24, 2.45) is 0 Å². The van der Waals surface area contributed by atoms with Crippen molar-refractivity contribution in [1.29, 1.82) is 0 Å². The molecule has 0 saturated heterocycles. The van der Waals surface area contributed by atoms with Gasteiger partial charge in [0.2, 0.25) is 0 Å². The van der Waals surface area contributed by atoms with Crippen LogP contribution < -0.4 is 9.80 Å². The molecule has 0 atom stereocenters. The summed E-state index contributed by atoms with van der Waals surface area (Å²) in [5.41, 5.74) is 3.56. The van der Waals surface area contributed by atoms with Crippen LogP contribution in [0.4, 0.5) is 11.4 Å². The standard InChI is InChI=1S/C16H18N2O3/c1-17-14-9-12(3-4-13(14)15(19)16(17)20)18-7-5-11(6-8-18)10-21-2/h3-5,9H,6-8,10H2,1-2H3. The lowest BCUT2D eigenvalue weighted by molar-refractivity contribution is -0.114. The van der Waals surface area contributed by atoms with Gasteiger partial charge in [0.25, 0.3) is 11.7 Å². The SMILES string of the molecule is COCC1=CCN(c2ccc3c(c2)N(C)C(=O)C3=O)CC1. The van der Waals surface area contributed by atoms with Crippen molar-refractivity contribution in [2.45, 2.75) is 6.42 Å². The van der Waals surface area contributed by atoms with Crippen molar-refractivity contribution in [2.75, 3.05) is 43.7 Å². The van der Waals surface area contributed by atoms with E-state index in [-0.39, 0.29) is 0 Å². The van der Waals surface area contributed by atoms with Crippen molar-refractivity contribution in [3.05, 3.63) is 35.4 Å². The molecule has 0 aliphatic carbocycles. The van der Waals surface area contributed by atoms with E-state index in [1.165, 1.54) is 10.5 Å². The number of anilines is 2. The molecule has 0 spiro atoms. The highest BCUT2D eigenvalue weighted by Gasteiger charge is 2.33. The predicted molar refractivity (Wildman–Crippen MR) is 81.0 cm³/mol. The van der Waals surface area contributed by atoms with Crippen LogP contribution in [0, 0.1) is 0 Å². The third-order valence-electron chi connectivity index (χ3n) is 4.08. The highest BCUT2D eigenvalue weighted by molar-refractivity contribution is 6.52. The van der Waals surface area contributed by atoms with E-state index >= 15 is 0 Å². The lowest BCUT2D eigenvalue weighted by Crippen LogP contribution is -2.29. The largest absolute Gasteiger partial charge is 0.380 e. The van der Waals surface area contributed by atoms with Crippen molar-refractivity contribution in [3.63, 3.8) is 0 Å². The molecule has 0 aromatic heterocycles. The first kappa shape index (κ1) is 13.8. The van der Waals surface area contributed by atoms with Crippen LogP contribution in [0.1, 0.15) is 16.8 Å². The van der Waals surface area contributed by atoms with Crippen molar-refractivity contribution < 1.29 is 14.3 Å². The predicted octanol–water partition coefficient (Wildman–Crippen LogP) is 1.63. The second-order valence-corrected chi connectivity index (χ2v) is 5.39. The summed E-state index contributed by atoms with van der Waals surface area (Å²) >= 11 is 0. The molecule has 0 radical (unpaired) electrons. The number of rotatable bonds is 3. The van der Waals surface area contributed by atoms with E-state index in [4.69, 9.17) is 4.74 Å². The number of carbonyl (C=O) groups is 2. The number of likely N-dealkylation sites (N-methyl/N-ethyl adjacent to an activating group) is 1. The summed E-state index contributed by atoms with van der Waals surface area (Å²) in [5.74, 6) is -0.872. The van der Waals surface area contributed by atoms with Gasteiger partial charge in [0.15, 0.2) is 0 Å². The normalized spacial score (nSPS) is 18.1. The number of hydrogen-bond acceptors (Lipinski definition) is 4. The third-order valence-corrected chi connectivity index (χ3v) is 4.08. The van der Waals surface area contributed by atoms with E-state index < -0.39 is 11.7 Å². The zero-order valence-electron chi connectivity index (χ0n) is 12.3. The molecule has 2 aliphatic rings. The molecular weight excluding hydrogens is 268 g/mol. The second kappa shape index (κ2) is 5.33. The summed E-state index contributed by atoms with van der Waals surface area (Å²) in [5, 5.41) is 0. The molecule has 1 amide bonds. The van der Waals surface area contributed by atoms with Gasteiger partial charge in [0.05, 0.1) is 17.9 Å². The number of fused-ring (bicyclic) bond motifs is 1. The zero-order valence-corrected chi connectivity index (χ0v) is 12.3. The van der Waals surface area contributed by atoms with E-state index in [1.807, 2.05) is 12.1 Å². The number of Topliss-reactive ketones (excluding diaryl/α,β-unsaturated/α-hetero) is 1. The van der Waals surface area contributed by atoms with E-state index in [9.17, 15) is 9.59 Å². The molecule has 0 bridgehead atoms. The minimum atomic E-state index is -0.455. The summed E-state index contributed by atoms with van der Waals surface area (Å²) in [4.78, 5) is 27.1. The smallest absolute Gasteiger partial charge is 0.299 e. The number of benzene rings is 1. The Bertz CT molecular complexity index is 636. The summed E-state index contributed by atoms with van der Waals surface area (Å²) in [6.07, 6.45) is 3.15. The van der Waals surface area contributed by atoms with E-state index in [0.717, 1.165) is 25.2 Å². The van der Waals surface area contributed by atoms with Crippen molar-refractivity contribution in [3.8, 4) is 0 Å². The topological polar surface area (TPSA) is 49.9 Å². The van der Waals surface area contributed by atoms with Gasteiger partial charge in [-0.1, -0.05) is 6.08 Å². The molecule has 1 aromatic carbocycles. The van der Waals surface area contributed by atoms with Gasteiger partial charge >= 0.3 is 0 Å². The molecule has 1 aromatic rings. The molecule has 0 fully saturated rings. The lowest BCUT2D eigenvalue weighted by Gasteiger charge is -2.29. The Hall–Kier alpha value is -2.14. The van der Waals surface area contributed by atoms with Crippen LogP contribution in [0.25, 0.3) is 0 Å². The number of hydrogen-bond donors (Lipinski definition) is 0. The molecule has 2 aliphatic heterocycles. The lowest BCUT2D eigenvalue weighted by atomic mass is 10.1. The number of methoxy groups -OCH3 is 1. The summed E-state index contributed by atoms with van der Waals surface area (Å²) in [7, 11) is 3.35. The number of amides is 1. The minimum Gasteiger partial charge on any atom is -0.380 e. The Morgan fingerprint density at radius 1 is 1.29 bits per heavy atom. The van der Waals surface area contributed by atoms with Crippen LogP contribution in [0.2, 0.25) is 0 Å². The van der Waals surface area contributed by atoms with Gasteiger partial charge in [-0.15, -0.1) is 0 Å². The van der Waals surface area contributed by atoms with Crippen LogP contribution in [-0.4, -0.2) is 45.5 Å². The first-order valence-electron chi connectivity index (χ1n) is 7.00. The maximum atomic E-state index is 11.8. The molecule has 5 heteroatoms. The van der Waals surface area contributed by atoms with Crippen LogP contribution >= 0.6 is 0 Å². The monoisotopic (exact) mass is 286 g/mol. The first-order valence-corrected chi connectivity index (χ1v) is 7.00.